The monoisotopic (exact) mass is 294 g/mol. The van der Waals surface area contributed by atoms with Crippen LogP contribution in [0.2, 0.25) is 0 Å². The van der Waals surface area contributed by atoms with Crippen LogP contribution >= 0.6 is 15.9 Å². The summed E-state index contributed by atoms with van der Waals surface area (Å²) < 4.78 is 8.25. The van der Waals surface area contributed by atoms with Crippen molar-refractivity contribution in [3.8, 4) is 5.75 Å². The first-order chi connectivity index (χ1) is 8.19. The largest absolute Gasteiger partial charge is 0.495 e. The highest BCUT2D eigenvalue weighted by Gasteiger charge is 2.01. The summed E-state index contributed by atoms with van der Waals surface area (Å²) in [5, 5.41) is 3.36. The number of hydrogen-bond acceptors (Lipinski definition) is 2. The molecule has 0 radical (unpaired) electrons. The Morgan fingerprint density at radius 2 is 2.18 bits per heavy atom. The average molecular weight is 295 g/mol. The third kappa shape index (κ3) is 3.03. The van der Waals surface area contributed by atoms with Gasteiger partial charge in [0, 0.05) is 37.7 Å². The van der Waals surface area contributed by atoms with Crippen LogP contribution in [0.25, 0.3) is 0 Å². The van der Waals surface area contributed by atoms with Crippen LogP contribution in [0.5, 0.6) is 5.75 Å². The van der Waals surface area contributed by atoms with Crippen LogP contribution < -0.4 is 10.1 Å². The first-order valence-electron chi connectivity index (χ1n) is 5.37. The molecule has 0 aliphatic heterocycles. The third-order valence-electron chi connectivity index (χ3n) is 2.54. The van der Waals surface area contributed by atoms with E-state index in [1.807, 2.05) is 36.0 Å². The van der Waals surface area contributed by atoms with E-state index in [2.05, 4.69) is 33.5 Å². The summed E-state index contributed by atoms with van der Waals surface area (Å²) in [6, 6.07) is 8.08. The zero-order chi connectivity index (χ0) is 12.3. The summed E-state index contributed by atoms with van der Waals surface area (Å²) in [5.74, 6) is 0.836. The molecule has 1 aromatic carbocycles. The lowest BCUT2D eigenvalue weighted by atomic mass is 10.2. The van der Waals surface area contributed by atoms with E-state index in [1.165, 1.54) is 5.56 Å². The number of ether oxygens (including phenoxy) is 1. The molecule has 90 valence electrons. The fourth-order valence-corrected chi connectivity index (χ4v) is 2.05. The van der Waals surface area contributed by atoms with Crippen LogP contribution in [0.4, 0.5) is 5.69 Å². The Kier molecular flexibility index (Phi) is 3.74. The fourth-order valence-electron chi connectivity index (χ4n) is 1.64. The maximum absolute atomic E-state index is 5.25. The molecule has 17 heavy (non-hydrogen) atoms. The molecule has 2 rings (SSSR count). The molecule has 0 spiro atoms. The van der Waals surface area contributed by atoms with Gasteiger partial charge in [-0.1, -0.05) is 0 Å². The van der Waals surface area contributed by atoms with E-state index in [1.54, 1.807) is 7.11 Å². The van der Waals surface area contributed by atoms with Gasteiger partial charge in [0.2, 0.25) is 0 Å². The van der Waals surface area contributed by atoms with Crippen molar-refractivity contribution in [1.82, 2.24) is 4.57 Å². The van der Waals surface area contributed by atoms with E-state index in [0.717, 1.165) is 22.5 Å². The molecule has 0 bridgehead atoms. The van der Waals surface area contributed by atoms with Gasteiger partial charge in [-0.3, -0.25) is 0 Å². The minimum atomic E-state index is 0.811. The van der Waals surface area contributed by atoms with Crippen molar-refractivity contribution >= 4 is 21.6 Å². The van der Waals surface area contributed by atoms with Crippen molar-refractivity contribution in [3.63, 3.8) is 0 Å². The number of nitrogens with one attached hydrogen (secondary N) is 1. The highest BCUT2D eigenvalue weighted by molar-refractivity contribution is 9.10. The number of halogens is 1. The Bertz CT molecular complexity index is 508. The molecule has 0 saturated carbocycles. The minimum Gasteiger partial charge on any atom is -0.495 e. The summed E-state index contributed by atoms with van der Waals surface area (Å²) >= 11 is 3.43. The second kappa shape index (κ2) is 5.27. The van der Waals surface area contributed by atoms with E-state index in [4.69, 9.17) is 4.74 Å². The van der Waals surface area contributed by atoms with Gasteiger partial charge in [0.05, 0.1) is 11.6 Å². The quantitative estimate of drug-likeness (QED) is 0.935. The number of rotatable bonds is 4. The molecular weight excluding hydrogens is 280 g/mol. The highest BCUT2D eigenvalue weighted by atomic mass is 79.9. The van der Waals surface area contributed by atoms with Crippen LogP contribution in [0.1, 0.15) is 5.56 Å². The number of aromatic nitrogens is 1. The van der Waals surface area contributed by atoms with Gasteiger partial charge < -0.3 is 14.6 Å². The number of aryl methyl sites for hydroxylation is 1. The molecule has 0 aliphatic carbocycles. The maximum Gasteiger partial charge on any atom is 0.135 e. The van der Waals surface area contributed by atoms with Crippen molar-refractivity contribution < 1.29 is 4.74 Å². The van der Waals surface area contributed by atoms with E-state index >= 15 is 0 Å². The van der Waals surface area contributed by atoms with E-state index in [9.17, 15) is 0 Å². The minimum absolute atomic E-state index is 0.811. The highest BCUT2D eigenvalue weighted by Crippen LogP contribution is 2.27. The summed E-state index contributed by atoms with van der Waals surface area (Å²) in [4.78, 5) is 0. The molecule has 0 saturated heterocycles. The first-order valence-corrected chi connectivity index (χ1v) is 6.16. The standard InChI is InChI=1S/C13H15BrN2O/c1-16-6-5-10(9-16)8-15-11-3-4-12(14)13(7-11)17-2/h3-7,9,15H,8H2,1-2H3. The molecule has 1 heterocycles. The maximum atomic E-state index is 5.25. The second-order valence-electron chi connectivity index (χ2n) is 3.89. The summed E-state index contributed by atoms with van der Waals surface area (Å²) in [5.41, 5.74) is 2.31. The summed E-state index contributed by atoms with van der Waals surface area (Å²) in [6.07, 6.45) is 4.14. The fraction of sp³-hybridized carbons (Fsp3) is 0.231. The Balaban J connectivity index is 2.04. The lowest BCUT2D eigenvalue weighted by Crippen LogP contribution is -1.98. The molecule has 0 aliphatic rings. The van der Waals surface area contributed by atoms with Gasteiger partial charge >= 0.3 is 0 Å². The Hall–Kier alpha value is -1.42. The Morgan fingerprint density at radius 3 is 2.82 bits per heavy atom. The van der Waals surface area contributed by atoms with Gasteiger partial charge in [0.1, 0.15) is 5.75 Å². The molecular formula is C13H15BrN2O. The van der Waals surface area contributed by atoms with Gasteiger partial charge in [-0.2, -0.15) is 0 Å². The zero-order valence-corrected chi connectivity index (χ0v) is 11.5. The van der Waals surface area contributed by atoms with Crippen molar-refractivity contribution in [2.75, 3.05) is 12.4 Å². The number of benzene rings is 1. The number of methoxy groups -OCH3 is 1. The van der Waals surface area contributed by atoms with Gasteiger partial charge in [-0.25, -0.2) is 0 Å². The van der Waals surface area contributed by atoms with Gasteiger partial charge in [-0.15, -0.1) is 0 Å². The third-order valence-corrected chi connectivity index (χ3v) is 3.20. The Labute approximate surface area is 110 Å². The molecule has 0 unspecified atom stereocenters. The van der Waals surface area contributed by atoms with Crippen molar-refractivity contribution in [2.24, 2.45) is 7.05 Å². The van der Waals surface area contributed by atoms with E-state index in [0.29, 0.717) is 0 Å². The summed E-state index contributed by atoms with van der Waals surface area (Å²) in [6.45, 7) is 0.811. The molecule has 2 aromatic rings. The van der Waals surface area contributed by atoms with Gasteiger partial charge in [0.25, 0.3) is 0 Å². The summed E-state index contributed by atoms with van der Waals surface area (Å²) in [7, 11) is 3.69. The van der Waals surface area contributed by atoms with Gasteiger partial charge in [-0.05, 0) is 39.7 Å². The number of nitrogens with zero attached hydrogens (tertiary/aromatic N) is 1. The smallest absolute Gasteiger partial charge is 0.135 e. The number of anilines is 1. The molecule has 0 fully saturated rings. The van der Waals surface area contributed by atoms with E-state index < -0.39 is 0 Å². The molecule has 0 amide bonds. The Morgan fingerprint density at radius 1 is 1.35 bits per heavy atom. The predicted molar refractivity (Wildman–Crippen MR) is 73.4 cm³/mol. The molecule has 4 heteroatoms. The van der Waals surface area contributed by atoms with E-state index in [-0.39, 0.29) is 0 Å². The topological polar surface area (TPSA) is 26.2 Å². The zero-order valence-electron chi connectivity index (χ0n) is 9.90. The van der Waals surface area contributed by atoms with Crippen LogP contribution in [0.15, 0.2) is 41.1 Å². The van der Waals surface area contributed by atoms with Crippen molar-refractivity contribution in [2.45, 2.75) is 6.54 Å². The van der Waals surface area contributed by atoms with Crippen molar-refractivity contribution in [3.05, 3.63) is 46.7 Å². The lowest BCUT2D eigenvalue weighted by molar-refractivity contribution is 0.412. The first kappa shape index (κ1) is 12.0. The molecule has 1 aromatic heterocycles. The van der Waals surface area contributed by atoms with Crippen molar-refractivity contribution in [1.29, 1.82) is 0 Å². The van der Waals surface area contributed by atoms with Crippen LogP contribution in [0, 0.1) is 0 Å². The number of hydrogen-bond donors (Lipinski definition) is 1. The van der Waals surface area contributed by atoms with Crippen LogP contribution in [-0.2, 0) is 13.6 Å². The predicted octanol–water partition coefficient (Wildman–Crippen LogP) is 3.41. The molecule has 3 nitrogen and oxygen atoms in total. The average Bonchev–Trinajstić information content (AvgIpc) is 2.74. The SMILES string of the molecule is COc1cc(NCc2ccn(C)c2)ccc1Br. The van der Waals surface area contributed by atoms with Crippen LogP contribution in [-0.4, -0.2) is 11.7 Å². The second-order valence-corrected chi connectivity index (χ2v) is 4.74. The molecule has 0 atom stereocenters. The van der Waals surface area contributed by atoms with Crippen LogP contribution in [0.3, 0.4) is 0 Å². The van der Waals surface area contributed by atoms with Gasteiger partial charge in [0.15, 0.2) is 0 Å². The normalized spacial score (nSPS) is 10.3. The molecule has 1 N–H and O–H groups in total. The lowest BCUT2D eigenvalue weighted by Gasteiger charge is -2.08.